The van der Waals surface area contributed by atoms with Gasteiger partial charge in [-0.15, -0.1) is 0 Å². The van der Waals surface area contributed by atoms with Gasteiger partial charge >= 0.3 is 0 Å². The van der Waals surface area contributed by atoms with Gasteiger partial charge in [0.2, 0.25) is 11.8 Å². The first-order valence-electron chi connectivity index (χ1n) is 13.9. The first kappa shape index (κ1) is 24.4. The number of hydrogen-bond donors (Lipinski definition) is 1. The first-order valence-corrected chi connectivity index (χ1v) is 13.9. The van der Waals surface area contributed by atoms with Gasteiger partial charge in [-0.25, -0.2) is 10.3 Å². The predicted molar refractivity (Wildman–Crippen MR) is 159 cm³/mol. The average molecular weight is 549 g/mol. The van der Waals surface area contributed by atoms with Gasteiger partial charge in [-0.1, -0.05) is 84.9 Å². The van der Waals surface area contributed by atoms with Crippen molar-refractivity contribution in [1.82, 2.24) is 10.4 Å². The monoisotopic (exact) mass is 548 g/mol. The van der Waals surface area contributed by atoms with Crippen molar-refractivity contribution in [1.29, 1.82) is 0 Å². The lowest BCUT2D eigenvalue weighted by Crippen LogP contribution is -2.54. The molecular formula is C35H24N4O3. The summed E-state index contributed by atoms with van der Waals surface area (Å²) >= 11 is 0. The molecule has 42 heavy (non-hydrogen) atoms. The number of anilines is 1. The molecule has 4 aromatic carbocycles. The van der Waals surface area contributed by atoms with E-state index in [2.05, 4.69) is 15.5 Å². The second kappa shape index (κ2) is 9.04. The third-order valence-corrected chi connectivity index (χ3v) is 9.07. The number of hydrazone groups is 1. The van der Waals surface area contributed by atoms with Crippen LogP contribution in [0.4, 0.5) is 5.69 Å². The summed E-state index contributed by atoms with van der Waals surface area (Å²) in [4.78, 5) is 47.4. The molecular weight excluding hydrogens is 524 g/mol. The predicted octanol–water partition coefficient (Wildman–Crippen LogP) is 5.20. The van der Waals surface area contributed by atoms with Crippen molar-refractivity contribution < 1.29 is 14.4 Å². The van der Waals surface area contributed by atoms with Crippen molar-refractivity contribution in [3.8, 4) is 0 Å². The fraction of sp³-hybridized carbons (Fsp3) is 0.114. The molecule has 7 heteroatoms. The molecule has 3 amide bonds. The summed E-state index contributed by atoms with van der Waals surface area (Å²) in [5, 5.41) is 6.27. The molecule has 1 aromatic heterocycles. The molecule has 1 saturated heterocycles. The minimum atomic E-state index is -1.07. The minimum absolute atomic E-state index is 0.214. The van der Waals surface area contributed by atoms with E-state index in [4.69, 9.17) is 0 Å². The molecule has 0 saturated carbocycles. The molecule has 2 bridgehead atoms. The number of imide groups is 1. The highest BCUT2D eigenvalue weighted by atomic mass is 16.2. The number of fused-ring (bicyclic) bond motifs is 1. The molecule has 4 aliphatic rings. The molecule has 9 rings (SSSR count). The van der Waals surface area contributed by atoms with E-state index >= 15 is 0 Å². The van der Waals surface area contributed by atoms with Gasteiger partial charge in [0.1, 0.15) is 0 Å². The Morgan fingerprint density at radius 1 is 0.786 bits per heavy atom. The summed E-state index contributed by atoms with van der Waals surface area (Å²) in [5.74, 6) is -2.50. The van der Waals surface area contributed by atoms with Crippen LogP contribution in [0.25, 0.3) is 10.8 Å². The van der Waals surface area contributed by atoms with Gasteiger partial charge in [0.25, 0.3) is 5.91 Å². The molecule has 0 spiro atoms. The largest absolute Gasteiger partial charge is 0.274 e. The number of carbonyl (C=O) groups excluding carboxylic acids is 3. The number of nitrogens with one attached hydrogen (secondary N) is 1. The summed E-state index contributed by atoms with van der Waals surface area (Å²) in [7, 11) is 0. The number of rotatable bonds is 4. The lowest BCUT2D eigenvalue weighted by Gasteiger charge is -2.52. The van der Waals surface area contributed by atoms with Crippen LogP contribution in [0.1, 0.15) is 38.5 Å². The van der Waals surface area contributed by atoms with Crippen molar-refractivity contribution in [2.45, 2.75) is 11.3 Å². The quantitative estimate of drug-likeness (QED) is 0.190. The normalized spacial score (nSPS) is 23.6. The fourth-order valence-corrected chi connectivity index (χ4v) is 7.45. The van der Waals surface area contributed by atoms with Crippen LogP contribution in [0, 0.1) is 11.8 Å². The van der Waals surface area contributed by atoms with Gasteiger partial charge in [-0.3, -0.25) is 19.4 Å². The highest BCUT2D eigenvalue weighted by Gasteiger charge is 2.68. The Hall–Kier alpha value is -5.43. The number of pyridine rings is 1. The fourth-order valence-electron chi connectivity index (χ4n) is 7.45. The van der Waals surface area contributed by atoms with Gasteiger partial charge in [0.05, 0.1) is 22.9 Å². The smallest absolute Gasteiger partial charge is 0.271 e. The van der Waals surface area contributed by atoms with E-state index in [1.165, 1.54) is 4.90 Å². The van der Waals surface area contributed by atoms with Crippen LogP contribution < -0.4 is 10.3 Å². The van der Waals surface area contributed by atoms with Crippen molar-refractivity contribution in [2.24, 2.45) is 16.9 Å². The Balaban J connectivity index is 1.33. The molecule has 2 heterocycles. The van der Waals surface area contributed by atoms with Gasteiger partial charge < -0.3 is 0 Å². The van der Waals surface area contributed by atoms with Crippen LogP contribution in [-0.2, 0) is 15.0 Å². The lowest BCUT2D eigenvalue weighted by molar-refractivity contribution is -0.122. The number of amides is 3. The summed E-state index contributed by atoms with van der Waals surface area (Å²) in [5.41, 5.74) is 6.45. The Morgan fingerprint density at radius 3 is 2.17 bits per heavy atom. The summed E-state index contributed by atoms with van der Waals surface area (Å²) < 4.78 is 0. The Bertz CT molecular complexity index is 1920. The van der Waals surface area contributed by atoms with Gasteiger partial charge in [0.15, 0.2) is 0 Å². The number of nitrogens with zero attached hydrogens (tertiary/aromatic N) is 3. The SMILES string of the molecule is O=C(N/N=C\C12c3ccccc3C(c3ccccc31)[C@H]1C(=O)N(c3cccc4ccccc34)C(=O)[C@H]12)c1ccncc1. The first-order chi connectivity index (χ1) is 20.6. The molecule has 5 aromatic rings. The van der Waals surface area contributed by atoms with Crippen molar-refractivity contribution in [3.05, 3.63) is 143 Å². The average Bonchev–Trinajstić information content (AvgIpc) is 3.31. The molecule has 2 atom stereocenters. The van der Waals surface area contributed by atoms with E-state index in [9.17, 15) is 14.4 Å². The third kappa shape index (κ3) is 3.19. The highest BCUT2D eigenvalue weighted by molar-refractivity contribution is 6.27. The van der Waals surface area contributed by atoms with E-state index in [1.54, 1.807) is 30.7 Å². The zero-order valence-corrected chi connectivity index (χ0v) is 22.3. The lowest BCUT2D eigenvalue weighted by atomic mass is 9.47. The van der Waals surface area contributed by atoms with Crippen LogP contribution >= 0.6 is 0 Å². The number of hydrogen-bond acceptors (Lipinski definition) is 5. The zero-order valence-electron chi connectivity index (χ0n) is 22.3. The molecule has 0 unspecified atom stereocenters. The van der Waals surface area contributed by atoms with Crippen LogP contribution in [0.5, 0.6) is 0 Å². The molecule has 1 aliphatic heterocycles. The molecule has 202 valence electrons. The third-order valence-electron chi connectivity index (χ3n) is 9.07. The van der Waals surface area contributed by atoms with Gasteiger partial charge in [-0.2, -0.15) is 5.10 Å². The zero-order chi connectivity index (χ0) is 28.4. The van der Waals surface area contributed by atoms with Gasteiger partial charge in [-0.05, 0) is 45.8 Å². The maximum absolute atomic E-state index is 14.7. The number of carbonyl (C=O) groups is 3. The topological polar surface area (TPSA) is 91.7 Å². The minimum Gasteiger partial charge on any atom is -0.274 e. The van der Waals surface area contributed by atoms with E-state index in [-0.39, 0.29) is 23.6 Å². The standard InChI is InChI=1S/C35H24N4O3/c40-32(22-16-18-36-19-17-22)38-37-20-35-26-13-5-3-11-24(26)29(25-12-4-6-14-27(25)35)30-31(35)34(42)39(33(30)41)28-15-7-9-21-8-1-2-10-23(21)28/h1-20,29-31H,(H,38,40)/b37-20-/t29?,30-,31+,35?/m1/s1. The Kier molecular flexibility index (Phi) is 5.25. The maximum atomic E-state index is 14.7. The van der Waals surface area contributed by atoms with Crippen molar-refractivity contribution in [2.75, 3.05) is 4.90 Å². The molecule has 1 N–H and O–H groups in total. The van der Waals surface area contributed by atoms with Crippen LogP contribution in [0.2, 0.25) is 0 Å². The Morgan fingerprint density at radius 2 is 1.43 bits per heavy atom. The van der Waals surface area contributed by atoms with E-state index in [0.717, 1.165) is 33.0 Å². The Labute approximate surface area is 241 Å². The molecule has 7 nitrogen and oxygen atoms in total. The van der Waals surface area contributed by atoms with Crippen LogP contribution in [-0.4, -0.2) is 28.9 Å². The molecule has 3 aliphatic carbocycles. The summed E-state index contributed by atoms with van der Waals surface area (Å²) in [6, 6.07) is 32.7. The van der Waals surface area contributed by atoms with Gasteiger partial charge in [0, 0.05) is 35.5 Å². The number of benzene rings is 4. The highest BCUT2D eigenvalue weighted by Crippen LogP contribution is 2.63. The summed E-state index contributed by atoms with van der Waals surface area (Å²) in [6.45, 7) is 0. The van der Waals surface area contributed by atoms with Crippen LogP contribution in [0.3, 0.4) is 0 Å². The maximum Gasteiger partial charge on any atom is 0.271 e. The second-order valence-corrected chi connectivity index (χ2v) is 11.0. The second-order valence-electron chi connectivity index (χ2n) is 11.0. The van der Waals surface area contributed by atoms with E-state index in [0.29, 0.717) is 11.3 Å². The molecule has 1 fully saturated rings. The van der Waals surface area contributed by atoms with E-state index in [1.807, 2.05) is 91.0 Å². The van der Waals surface area contributed by atoms with Crippen molar-refractivity contribution >= 4 is 40.4 Å². The van der Waals surface area contributed by atoms with Crippen molar-refractivity contribution in [3.63, 3.8) is 0 Å². The summed E-state index contributed by atoms with van der Waals surface area (Å²) in [6.07, 6.45) is 4.76. The molecule has 0 radical (unpaired) electrons. The number of aromatic nitrogens is 1. The van der Waals surface area contributed by atoms with Crippen LogP contribution in [0.15, 0.2) is 121 Å². The van der Waals surface area contributed by atoms with E-state index < -0.39 is 17.3 Å².